The molecule has 0 atom stereocenters. The summed E-state index contributed by atoms with van der Waals surface area (Å²) in [7, 11) is 2.96. The Labute approximate surface area is 182 Å². The van der Waals surface area contributed by atoms with E-state index in [1.807, 2.05) is 32.0 Å². The first-order chi connectivity index (χ1) is 14.7. The Balaban J connectivity index is 1.76. The summed E-state index contributed by atoms with van der Waals surface area (Å²) >= 11 is 0. The second kappa shape index (κ2) is 9.09. The maximum atomic E-state index is 12.7. The van der Waals surface area contributed by atoms with Gasteiger partial charge in [-0.15, -0.1) is 0 Å². The summed E-state index contributed by atoms with van der Waals surface area (Å²) in [5.74, 6) is 2.03. The van der Waals surface area contributed by atoms with Crippen LogP contribution in [0.5, 0.6) is 11.5 Å². The van der Waals surface area contributed by atoms with Crippen molar-refractivity contribution in [2.75, 3.05) is 43.3 Å². The molecule has 10 heteroatoms. The van der Waals surface area contributed by atoms with E-state index in [-0.39, 0.29) is 4.90 Å². The lowest BCUT2D eigenvalue weighted by Gasteiger charge is -2.14. The Hall–Kier alpha value is -3.53. The van der Waals surface area contributed by atoms with Crippen molar-refractivity contribution in [1.82, 2.24) is 9.97 Å². The Kier molecular flexibility index (Phi) is 6.50. The Morgan fingerprint density at radius 3 is 2.13 bits per heavy atom. The first-order valence-electron chi connectivity index (χ1n) is 9.37. The normalized spacial score (nSPS) is 11.0. The molecule has 0 saturated heterocycles. The van der Waals surface area contributed by atoms with Gasteiger partial charge >= 0.3 is 0 Å². The summed E-state index contributed by atoms with van der Waals surface area (Å²) in [4.78, 5) is 10.8. The SMILES string of the molecule is COc1ccc(S(=O)(=O)Nc2ccc(Nc3nc(C)cc(N(C)C)n3)cc2)cc1OC. The molecule has 0 unspecified atom stereocenters. The molecule has 3 rings (SSSR count). The molecule has 0 saturated carbocycles. The molecule has 0 amide bonds. The molecule has 164 valence electrons. The molecule has 3 aromatic rings. The van der Waals surface area contributed by atoms with Crippen LogP contribution in [0.4, 0.5) is 23.1 Å². The van der Waals surface area contributed by atoms with Crippen molar-refractivity contribution in [2.45, 2.75) is 11.8 Å². The molecule has 0 aliphatic rings. The van der Waals surface area contributed by atoms with E-state index in [1.54, 1.807) is 30.3 Å². The minimum Gasteiger partial charge on any atom is -0.493 e. The number of aromatic nitrogens is 2. The minimum atomic E-state index is -3.80. The lowest BCUT2D eigenvalue weighted by molar-refractivity contribution is 0.354. The largest absolute Gasteiger partial charge is 0.493 e. The average Bonchev–Trinajstić information content (AvgIpc) is 2.74. The highest BCUT2D eigenvalue weighted by Crippen LogP contribution is 2.30. The predicted molar refractivity (Wildman–Crippen MR) is 121 cm³/mol. The van der Waals surface area contributed by atoms with Crippen LogP contribution in [0, 0.1) is 6.92 Å². The average molecular weight is 444 g/mol. The number of rotatable bonds is 8. The number of sulfonamides is 1. The lowest BCUT2D eigenvalue weighted by atomic mass is 10.3. The van der Waals surface area contributed by atoms with Gasteiger partial charge in [-0.2, -0.15) is 4.98 Å². The van der Waals surface area contributed by atoms with Crippen molar-refractivity contribution in [3.63, 3.8) is 0 Å². The van der Waals surface area contributed by atoms with E-state index in [0.29, 0.717) is 23.1 Å². The molecule has 0 spiro atoms. The summed E-state index contributed by atoms with van der Waals surface area (Å²) in [6.07, 6.45) is 0. The van der Waals surface area contributed by atoms with Crippen LogP contribution in [0.1, 0.15) is 5.69 Å². The van der Waals surface area contributed by atoms with Crippen LogP contribution in [0.2, 0.25) is 0 Å². The fourth-order valence-electron chi connectivity index (χ4n) is 2.79. The van der Waals surface area contributed by atoms with Gasteiger partial charge in [0.2, 0.25) is 5.95 Å². The maximum Gasteiger partial charge on any atom is 0.262 e. The molecule has 0 aliphatic carbocycles. The van der Waals surface area contributed by atoms with Crippen molar-refractivity contribution in [3.05, 3.63) is 54.2 Å². The zero-order chi connectivity index (χ0) is 22.6. The molecular formula is C21H25N5O4S. The van der Waals surface area contributed by atoms with Crippen LogP contribution in [-0.2, 0) is 10.0 Å². The Bertz CT molecular complexity index is 1160. The fraction of sp³-hybridized carbons (Fsp3) is 0.238. The van der Waals surface area contributed by atoms with Gasteiger partial charge in [-0.05, 0) is 43.3 Å². The van der Waals surface area contributed by atoms with Crippen LogP contribution >= 0.6 is 0 Å². The summed E-state index contributed by atoms with van der Waals surface area (Å²) in [6.45, 7) is 1.89. The first-order valence-corrected chi connectivity index (χ1v) is 10.8. The van der Waals surface area contributed by atoms with Crippen molar-refractivity contribution in [1.29, 1.82) is 0 Å². The molecule has 9 nitrogen and oxygen atoms in total. The molecule has 0 fully saturated rings. The van der Waals surface area contributed by atoms with Gasteiger partial charge < -0.3 is 19.7 Å². The topological polar surface area (TPSA) is 106 Å². The second-order valence-corrected chi connectivity index (χ2v) is 8.59. The van der Waals surface area contributed by atoms with Crippen LogP contribution in [-0.4, -0.2) is 46.7 Å². The highest BCUT2D eigenvalue weighted by atomic mass is 32.2. The highest BCUT2D eigenvalue weighted by molar-refractivity contribution is 7.92. The quantitative estimate of drug-likeness (QED) is 0.546. The summed E-state index contributed by atoms with van der Waals surface area (Å²) < 4.78 is 38.4. The van der Waals surface area contributed by atoms with E-state index in [1.165, 1.54) is 26.4 Å². The van der Waals surface area contributed by atoms with Crippen LogP contribution < -0.4 is 24.4 Å². The Morgan fingerprint density at radius 1 is 0.871 bits per heavy atom. The monoisotopic (exact) mass is 443 g/mol. The van der Waals surface area contributed by atoms with E-state index >= 15 is 0 Å². The van der Waals surface area contributed by atoms with E-state index in [0.717, 1.165) is 17.2 Å². The van der Waals surface area contributed by atoms with Gasteiger partial charge in [0.25, 0.3) is 10.0 Å². The molecule has 2 aromatic carbocycles. The van der Waals surface area contributed by atoms with Crippen molar-refractivity contribution in [2.24, 2.45) is 0 Å². The van der Waals surface area contributed by atoms with Crippen LogP contribution in [0.15, 0.2) is 53.4 Å². The molecule has 0 bridgehead atoms. The number of methoxy groups -OCH3 is 2. The van der Waals surface area contributed by atoms with Gasteiger partial charge in [0.05, 0.1) is 19.1 Å². The van der Waals surface area contributed by atoms with E-state index in [2.05, 4.69) is 20.0 Å². The zero-order valence-corrected chi connectivity index (χ0v) is 18.8. The number of hydrogen-bond donors (Lipinski definition) is 2. The second-order valence-electron chi connectivity index (χ2n) is 6.91. The minimum absolute atomic E-state index is 0.0664. The highest BCUT2D eigenvalue weighted by Gasteiger charge is 2.17. The van der Waals surface area contributed by atoms with Crippen LogP contribution in [0.25, 0.3) is 0 Å². The molecule has 2 N–H and O–H groups in total. The number of hydrogen-bond acceptors (Lipinski definition) is 8. The summed E-state index contributed by atoms with van der Waals surface area (Å²) in [5.41, 5.74) is 1.98. The molecule has 1 aromatic heterocycles. The number of benzene rings is 2. The summed E-state index contributed by atoms with van der Waals surface area (Å²) in [5, 5.41) is 3.13. The zero-order valence-electron chi connectivity index (χ0n) is 18.0. The van der Waals surface area contributed by atoms with Gasteiger partial charge in [0.15, 0.2) is 11.5 Å². The maximum absolute atomic E-state index is 12.7. The van der Waals surface area contributed by atoms with Crippen molar-refractivity contribution >= 4 is 33.2 Å². The van der Waals surface area contributed by atoms with Gasteiger partial charge in [0, 0.05) is 43.3 Å². The number of anilines is 4. The molecule has 0 aliphatic heterocycles. The van der Waals surface area contributed by atoms with Crippen molar-refractivity contribution in [3.8, 4) is 11.5 Å². The summed E-state index contributed by atoms with van der Waals surface area (Å²) in [6, 6.07) is 13.1. The van der Waals surface area contributed by atoms with E-state index < -0.39 is 10.0 Å². The number of ether oxygens (including phenoxy) is 2. The van der Waals surface area contributed by atoms with E-state index in [4.69, 9.17) is 9.47 Å². The fourth-order valence-corrected chi connectivity index (χ4v) is 3.86. The predicted octanol–water partition coefficient (Wildman–Crippen LogP) is 3.41. The van der Waals surface area contributed by atoms with Gasteiger partial charge in [0.1, 0.15) is 5.82 Å². The molecule has 31 heavy (non-hydrogen) atoms. The standard InChI is InChI=1S/C21H25N5O4S/c1-14-12-20(26(2)3)24-21(22-14)23-15-6-8-16(9-7-15)25-31(27,28)17-10-11-18(29-4)19(13-17)30-5/h6-13,25H,1-5H3,(H,22,23,24). The third-order valence-electron chi connectivity index (χ3n) is 4.36. The molecule has 1 heterocycles. The van der Waals surface area contributed by atoms with Crippen molar-refractivity contribution < 1.29 is 17.9 Å². The third kappa shape index (κ3) is 5.34. The Morgan fingerprint density at radius 2 is 1.52 bits per heavy atom. The third-order valence-corrected chi connectivity index (χ3v) is 5.74. The number of nitrogens with zero attached hydrogens (tertiary/aromatic N) is 3. The number of nitrogens with one attached hydrogen (secondary N) is 2. The van der Waals surface area contributed by atoms with Gasteiger partial charge in [-0.1, -0.05) is 0 Å². The molecular weight excluding hydrogens is 418 g/mol. The number of aryl methyl sites for hydroxylation is 1. The van der Waals surface area contributed by atoms with E-state index in [9.17, 15) is 8.42 Å². The van der Waals surface area contributed by atoms with Crippen LogP contribution in [0.3, 0.4) is 0 Å². The lowest BCUT2D eigenvalue weighted by Crippen LogP contribution is -2.13. The molecule has 0 radical (unpaired) electrons. The van der Waals surface area contributed by atoms with Gasteiger partial charge in [-0.3, -0.25) is 4.72 Å². The van der Waals surface area contributed by atoms with Gasteiger partial charge in [-0.25, -0.2) is 13.4 Å². The smallest absolute Gasteiger partial charge is 0.262 e. The first kappa shape index (κ1) is 22.2.